The van der Waals surface area contributed by atoms with Crippen LogP contribution in [0.25, 0.3) is 10.9 Å². The third-order valence-electron chi connectivity index (χ3n) is 3.09. The van der Waals surface area contributed by atoms with E-state index < -0.39 is 5.97 Å². The maximum Gasteiger partial charge on any atom is 0.303 e. The number of aromatic nitrogens is 1. The van der Waals surface area contributed by atoms with Crippen LogP contribution in [0.15, 0.2) is 24.3 Å². The number of hydrogen-bond acceptors (Lipinski definition) is 3. The zero-order valence-electron chi connectivity index (χ0n) is 11.5. The molecule has 0 bridgehead atoms. The van der Waals surface area contributed by atoms with Crippen molar-refractivity contribution in [3.63, 3.8) is 0 Å². The Hall–Kier alpha value is -2.10. The molecule has 0 aliphatic rings. The normalized spacial score (nSPS) is 10.7. The molecule has 2 rings (SSSR count). The Morgan fingerprint density at radius 1 is 1.32 bits per heavy atom. The molecule has 0 saturated heterocycles. The van der Waals surface area contributed by atoms with Gasteiger partial charge in [-0.2, -0.15) is 0 Å². The van der Waals surface area contributed by atoms with Gasteiger partial charge in [0.2, 0.25) is 0 Å². The Bertz CT molecular complexity index is 621. The van der Waals surface area contributed by atoms with Crippen molar-refractivity contribution in [2.24, 2.45) is 0 Å². The zero-order chi connectivity index (χ0) is 14.0. The van der Waals surface area contributed by atoms with Crippen molar-refractivity contribution in [2.75, 3.05) is 19.0 Å². The highest BCUT2D eigenvalue weighted by Crippen LogP contribution is 2.26. The number of carboxylic acids is 1. The lowest BCUT2D eigenvalue weighted by Crippen LogP contribution is -2.10. The molecule has 0 atom stereocenters. The van der Waals surface area contributed by atoms with Crippen LogP contribution in [0.4, 0.5) is 5.69 Å². The maximum absolute atomic E-state index is 10.6. The van der Waals surface area contributed by atoms with Gasteiger partial charge in [-0.1, -0.05) is 6.07 Å². The lowest BCUT2D eigenvalue weighted by Gasteiger charge is -2.16. The molecule has 4 nitrogen and oxygen atoms in total. The summed E-state index contributed by atoms with van der Waals surface area (Å²) in [5.74, 6) is -0.769. The Balaban J connectivity index is 2.48. The molecule has 0 spiro atoms. The van der Waals surface area contributed by atoms with Crippen LogP contribution in [0.3, 0.4) is 0 Å². The number of carbonyl (C=O) groups is 1. The lowest BCUT2D eigenvalue weighted by atomic mass is 10.0. The summed E-state index contributed by atoms with van der Waals surface area (Å²) in [6.45, 7) is 1.98. The first-order chi connectivity index (χ1) is 8.97. The fourth-order valence-electron chi connectivity index (χ4n) is 2.16. The molecule has 0 unspecified atom stereocenters. The third kappa shape index (κ3) is 3.02. The van der Waals surface area contributed by atoms with E-state index in [1.807, 2.05) is 45.3 Å². The number of anilines is 1. The van der Waals surface area contributed by atoms with Crippen LogP contribution < -0.4 is 4.90 Å². The molecule has 0 radical (unpaired) electrons. The number of rotatable bonds is 4. The minimum absolute atomic E-state index is 0.155. The van der Waals surface area contributed by atoms with Crippen molar-refractivity contribution in [1.29, 1.82) is 0 Å². The molecular formula is C15H18N2O2. The third-order valence-corrected chi connectivity index (χ3v) is 3.09. The van der Waals surface area contributed by atoms with Crippen molar-refractivity contribution < 1.29 is 9.90 Å². The number of nitrogens with zero attached hydrogens (tertiary/aromatic N) is 2. The highest BCUT2D eigenvalue weighted by atomic mass is 16.4. The van der Waals surface area contributed by atoms with E-state index in [-0.39, 0.29) is 6.42 Å². The van der Waals surface area contributed by atoms with E-state index in [0.29, 0.717) is 6.42 Å². The molecule has 0 saturated carbocycles. The van der Waals surface area contributed by atoms with Gasteiger partial charge in [0, 0.05) is 37.3 Å². The van der Waals surface area contributed by atoms with Crippen LogP contribution in [0.5, 0.6) is 0 Å². The maximum atomic E-state index is 10.6. The van der Waals surface area contributed by atoms with Crippen LogP contribution >= 0.6 is 0 Å². The monoisotopic (exact) mass is 258 g/mol. The summed E-state index contributed by atoms with van der Waals surface area (Å²) < 4.78 is 0. The van der Waals surface area contributed by atoms with Gasteiger partial charge < -0.3 is 10.0 Å². The van der Waals surface area contributed by atoms with E-state index in [0.717, 1.165) is 27.8 Å². The lowest BCUT2D eigenvalue weighted by molar-refractivity contribution is -0.136. The van der Waals surface area contributed by atoms with Crippen molar-refractivity contribution >= 4 is 22.6 Å². The summed E-state index contributed by atoms with van der Waals surface area (Å²) in [7, 11) is 4.00. The van der Waals surface area contributed by atoms with E-state index in [9.17, 15) is 4.79 Å². The van der Waals surface area contributed by atoms with Gasteiger partial charge in [-0.3, -0.25) is 9.78 Å². The first-order valence-electron chi connectivity index (χ1n) is 6.27. The van der Waals surface area contributed by atoms with Gasteiger partial charge in [-0.15, -0.1) is 0 Å². The minimum Gasteiger partial charge on any atom is -0.481 e. The van der Waals surface area contributed by atoms with E-state index in [1.54, 1.807) is 0 Å². The predicted octanol–water partition coefficient (Wildman–Crippen LogP) is 2.63. The number of hydrogen-bond donors (Lipinski definition) is 1. The summed E-state index contributed by atoms with van der Waals surface area (Å²) in [6, 6.07) is 8.01. The molecule has 19 heavy (non-hydrogen) atoms. The van der Waals surface area contributed by atoms with E-state index >= 15 is 0 Å². The van der Waals surface area contributed by atoms with E-state index in [2.05, 4.69) is 9.88 Å². The second-order valence-electron chi connectivity index (χ2n) is 4.92. The van der Waals surface area contributed by atoms with Crippen molar-refractivity contribution in [3.8, 4) is 0 Å². The Morgan fingerprint density at radius 2 is 2.05 bits per heavy atom. The molecule has 1 aromatic heterocycles. The fourth-order valence-corrected chi connectivity index (χ4v) is 2.16. The number of carboxylic acid groups (broad SMARTS) is 1. The quantitative estimate of drug-likeness (QED) is 0.916. The largest absolute Gasteiger partial charge is 0.481 e. The summed E-state index contributed by atoms with van der Waals surface area (Å²) in [4.78, 5) is 17.2. The van der Waals surface area contributed by atoms with Crippen molar-refractivity contribution in [3.05, 3.63) is 35.5 Å². The smallest absolute Gasteiger partial charge is 0.303 e. The zero-order valence-corrected chi connectivity index (χ0v) is 11.5. The van der Waals surface area contributed by atoms with Gasteiger partial charge in [0.05, 0.1) is 5.52 Å². The van der Waals surface area contributed by atoms with Gasteiger partial charge in [0.15, 0.2) is 0 Å². The molecule has 4 heteroatoms. The molecule has 0 aliphatic carbocycles. The number of aryl methyl sites for hydroxylation is 2. The van der Waals surface area contributed by atoms with Crippen LogP contribution in [0.1, 0.15) is 17.7 Å². The summed E-state index contributed by atoms with van der Waals surface area (Å²) >= 11 is 0. The highest BCUT2D eigenvalue weighted by Gasteiger charge is 2.07. The van der Waals surface area contributed by atoms with Gasteiger partial charge in [-0.05, 0) is 37.1 Å². The summed E-state index contributed by atoms with van der Waals surface area (Å²) in [5, 5.41) is 9.81. The van der Waals surface area contributed by atoms with Crippen LogP contribution in [-0.2, 0) is 11.2 Å². The van der Waals surface area contributed by atoms with Gasteiger partial charge in [-0.25, -0.2) is 0 Å². The molecule has 0 aliphatic heterocycles. The summed E-state index contributed by atoms with van der Waals surface area (Å²) in [6.07, 6.45) is 0.702. The molecule has 1 heterocycles. The van der Waals surface area contributed by atoms with Crippen LogP contribution in [-0.4, -0.2) is 30.2 Å². The van der Waals surface area contributed by atoms with Gasteiger partial charge in [0.1, 0.15) is 0 Å². The second kappa shape index (κ2) is 5.26. The van der Waals surface area contributed by atoms with Crippen LogP contribution in [0.2, 0.25) is 0 Å². The SMILES string of the molecule is Cc1cc(N(C)C)c2cc(CCC(=O)O)ccc2n1. The number of fused-ring (bicyclic) bond motifs is 1. The molecule has 1 N–H and O–H groups in total. The molecular weight excluding hydrogens is 240 g/mol. The molecule has 0 fully saturated rings. The van der Waals surface area contributed by atoms with Crippen molar-refractivity contribution in [1.82, 2.24) is 4.98 Å². The second-order valence-corrected chi connectivity index (χ2v) is 4.92. The average Bonchev–Trinajstić information content (AvgIpc) is 2.35. The van der Waals surface area contributed by atoms with Gasteiger partial charge in [0.25, 0.3) is 0 Å². The van der Waals surface area contributed by atoms with Crippen molar-refractivity contribution in [2.45, 2.75) is 19.8 Å². The fraction of sp³-hybridized carbons (Fsp3) is 0.333. The molecule has 0 amide bonds. The number of pyridine rings is 1. The van der Waals surface area contributed by atoms with Crippen LogP contribution in [0, 0.1) is 6.92 Å². The Kier molecular flexibility index (Phi) is 3.69. The van der Waals surface area contributed by atoms with E-state index in [4.69, 9.17) is 5.11 Å². The minimum atomic E-state index is -0.769. The standard InChI is InChI=1S/C15H18N2O2/c1-10-8-14(17(2)3)12-9-11(5-7-15(18)19)4-6-13(12)16-10/h4,6,8-9H,5,7H2,1-3H3,(H,18,19). The number of aliphatic carboxylic acids is 1. The molecule has 100 valence electrons. The topological polar surface area (TPSA) is 53.4 Å². The predicted molar refractivity (Wildman–Crippen MR) is 76.8 cm³/mol. The summed E-state index contributed by atoms with van der Waals surface area (Å²) in [5.41, 5.74) is 4.07. The molecule has 1 aromatic carbocycles. The Morgan fingerprint density at radius 3 is 2.68 bits per heavy atom. The first kappa shape index (κ1) is 13.3. The first-order valence-corrected chi connectivity index (χ1v) is 6.27. The average molecular weight is 258 g/mol. The number of benzene rings is 1. The van der Waals surface area contributed by atoms with Gasteiger partial charge >= 0.3 is 5.97 Å². The highest BCUT2D eigenvalue weighted by molar-refractivity contribution is 5.92. The molecule has 2 aromatic rings. The Labute approximate surface area is 112 Å². The van der Waals surface area contributed by atoms with E-state index in [1.165, 1.54) is 0 Å².